The molecule has 2 heteroatoms. The van der Waals surface area contributed by atoms with Gasteiger partial charge in [0, 0.05) is 7.11 Å². The SMILES string of the molecule is C.C.C.C.C.C.CCCCCCCCCC[N+](C)(CCCCCCCCCC)CCOC. The Bertz CT molecular complexity index is 248. The van der Waals surface area contributed by atoms with E-state index in [-0.39, 0.29) is 44.6 Å². The Hall–Kier alpha value is -0.0800. The molecule has 0 aliphatic heterocycles. The van der Waals surface area contributed by atoms with E-state index >= 15 is 0 Å². The lowest BCUT2D eigenvalue weighted by atomic mass is 10.1. The average Bonchev–Trinajstić information content (AvgIpc) is 2.64. The minimum absolute atomic E-state index is 0. The number of nitrogens with zero attached hydrogens (tertiary/aromatic N) is 1. The van der Waals surface area contributed by atoms with Crippen molar-refractivity contribution >= 4 is 0 Å². The predicted molar refractivity (Wildman–Crippen MR) is 158 cm³/mol. The third-order valence-corrected chi connectivity index (χ3v) is 5.94. The van der Waals surface area contributed by atoms with E-state index in [2.05, 4.69) is 20.9 Å². The van der Waals surface area contributed by atoms with Gasteiger partial charge in [0.25, 0.3) is 0 Å². The van der Waals surface area contributed by atoms with Crippen molar-refractivity contribution in [2.75, 3.05) is 40.4 Å². The van der Waals surface area contributed by atoms with Gasteiger partial charge in [-0.25, -0.2) is 0 Å². The van der Waals surface area contributed by atoms with Gasteiger partial charge in [0.05, 0.1) is 26.7 Å². The van der Waals surface area contributed by atoms with Crippen molar-refractivity contribution in [3.8, 4) is 0 Å². The van der Waals surface area contributed by atoms with Crippen LogP contribution in [0.4, 0.5) is 0 Å². The van der Waals surface area contributed by atoms with Crippen LogP contribution < -0.4 is 0 Å². The van der Waals surface area contributed by atoms with Gasteiger partial charge in [0.2, 0.25) is 0 Å². The number of ether oxygens (including phenoxy) is 1. The number of hydrogen-bond acceptors (Lipinski definition) is 1. The number of hydrogen-bond donors (Lipinski definition) is 0. The molecule has 0 spiro atoms. The number of unbranched alkanes of at least 4 members (excludes halogenated alkanes) is 14. The highest BCUT2D eigenvalue weighted by molar-refractivity contribution is 4.50. The maximum Gasteiger partial charge on any atom is 0.102 e. The Morgan fingerprint density at radius 3 is 1.00 bits per heavy atom. The second kappa shape index (κ2) is 38.2. The summed E-state index contributed by atoms with van der Waals surface area (Å²) in [5.74, 6) is 0. The fourth-order valence-electron chi connectivity index (χ4n) is 3.90. The van der Waals surface area contributed by atoms with Gasteiger partial charge in [-0.2, -0.15) is 0 Å². The molecule has 206 valence electrons. The van der Waals surface area contributed by atoms with Crippen LogP contribution in [-0.4, -0.2) is 44.9 Å². The summed E-state index contributed by atoms with van der Waals surface area (Å²) in [7, 11) is 4.30. The van der Waals surface area contributed by atoms with E-state index in [0.29, 0.717) is 0 Å². The first kappa shape index (κ1) is 49.1. The smallest absolute Gasteiger partial charge is 0.102 e. The zero-order valence-corrected chi connectivity index (χ0v) is 19.0. The Morgan fingerprint density at radius 1 is 0.438 bits per heavy atom. The van der Waals surface area contributed by atoms with Gasteiger partial charge >= 0.3 is 0 Å². The van der Waals surface area contributed by atoms with Gasteiger partial charge in [-0.05, 0) is 25.7 Å². The second-order valence-electron chi connectivity index (χ2n) is 8.73. The number of rotatable bonds is 21. The molecular formula is C30H76NO+. The highest BCUT2D eigenvalue weighted by Gasteiger charge is 2.20. The van der Waals surface area contributed by atoms with Crippen molar-refractivity contribution < 1.29 is 9.22 Å². The molecule has 0 saturated heterocycles. The first-order chi connectivity index (χ1) is 12.7. The van der Waals surface area contributed by atoms with Crippen LogP contribution in [-0.2, 0) is 4.74 Å². The topological polar surface area (TPSA) is 9.23 Å². The summed E-state index contributed by atoms with van der Waals surface area (Å²) in [5.41, 5.74) is 0. The minimum Gasteiger partial charge on any atom is -0.379 e. The maximum atomic E-state index is 5.39. The fraction of sp³-hybridized carbons (Fsp3) is 1.00. The van der Waals surface area contributed by atoms with Crippen molar-refractivity contribution in [1.82, 2.24) is 0 Å². The van der Waals surface area contributed by atoms with Gasteiger partial charge in [0.1, 0.15) is 6.54 Å². The van der Waals surface area contributed by atoms with Gasteiger partial charge in [-0.3, -0.25) is 0 Å². The van der Waals surface area contributed by atoms with Crippen molar-refractivity contribution in [3.05, 3.63) is 0 Å². The predicted octanol–water partition coefficient (Wildman–Crippen LogP) is 11.2. The van der Waals surface area contributed by atoms with E-state index in [0.717, 1.165) is 6.61 Å². The highest BCUT2D eigenvalue weighted by atomic mass is 16.5. The van der Waals surface area contributed by atoms with Crippen LogP contribution in [0, 0.1) is 0 Å². The summed E-state index contributed by atoms with van der Waals surface area (Å²) in [5, 5.41) is 0. The summed E-state index contributed by atoms with van der Waals surface area (Å²) in [4.78, 5) is 0. The number of methoxy groups -OCH3 is 1. The van der Waals surface area contributed by atoms with Crippen LogP contribution in [0.3, 0.4) is 0 Å². The van der Waals surface area contributed by atoms with E-state index in [4.69, 9.17) is 4.74 Å². The molecule has 0 unspecified atom stereocenters. The second-order valence-corrected chi connectivity index (χ2v) is 8.73. The summed E-state index contributed by atoms with van der Waals surface area (Å²) in [6.07, 6.45) is 22.7. The van der Waals surface area contributed by atoms with Crippen LogP contribution >= 0.6 is 0 Å². The van der Waals surface area contributed by atoms with E-state index < -0.39 is 0 Å². The largest absolute Gasteiger partial charge is 0.379 e. The molecular weight excluding hydrogens is 390 g/mol. The van der Waals surface area contributed by atoms with E-state index in [1.807, 2.05) is 7.11 Å². The van der Waals surface area contributed by atoms with Gasteiger partial charge in [0.15, 0.2) is 0 Å². The summed E-state index contributed by atoms with van der Waals surface area (Å²) in [6, 6.07) is 0. The normalized spacial score (nSPS) is 9.75. The molecule has 0 radical (unpaired) electrons. The Labute approximate surface area is 210 Å². The number of likely N-dealkylation sites (N-methyl/N-ethyl adjacent to an activating group) is 1. The molecule has 0 aromatic heterocycles. The third-order valence-electron chi connectivity index (χ3n) is 5.94. The molecule has 0 aliphatic rings. The van der Waals surface area contributed by atoms with Crippen LogP contribution in [0.1, 0.15) is 161 Å². The van der Waals surface area contributed by atoms with Gasteiger partial charge in [-0.1, -0.05) is 135 Å². The lowest BCUT2D eigenvalue weighted by molar-refractivity contribution is -0.910. The molecule has 0 aliphatic carbocycles. The molecule has 2 nitrogen and oxygen atoms in total. The molecule has 0 aromatic rings. The van der Waals surface area contributed by atoms with Crippen molar-refractivity contribution in [2.24, 2.45) is 0 Å². The monoisotopic (exact) mass is 467 g/mol. The first-order valence-corrected chi connectivity index (χ1v) is 12.0. The van der Waals surface area contributed by atoms with Crippen LogP contribution in [0.25, 0.3) is 0 Å². The van der Waals surface area contributed by atoms with E-state index in [1.165, 1.54) is 127 Å². The molecule has 0 saturated carbocycles. The zero-order valence-electron chi connectivity index (χ0n) is 19.0. The summed E-state index contributed by atoms with van der Waals surface area (Å²) < 4.78 is 6.61. The Morgan fingerprint density at radius 2 is 0.719 bits per heavy atom. The van der Waals surface area contributed by atoms with E-state index in [1.54, 1.807) is 0 Å². The molecule has 0 atom stereocenters. The quantitative estimate of drug-likeness (QED) is 0.121. The summed E-state index contributed by atoms with van der Waals surface area (Å²) >= 11 is 0. The van der Waals surface area contributed by atoms with Gasteiger partial charge < -0.3 is 9.22 Å². The van der Waals surface area contributed by atoms with Crippen LogP contribution in [0.5, 0.6) is 0 Å². The molecule has 0 heterocycles. The molecule has 0 rings (SSSR count). The standard InChI is InChI=1S/C24H52NO.6CH4/c1-5-7-9-11-13-15-17-19-21-25(3,23-24-26-4)22-20-18-16-14-12-10-8-6-2;;;;;;/h5-24H2,1-4H3;6*1H4/q+1;;;;;;. The molecule has 0 N–H and O–H groups in total. The summed E-state index contributed by atoms with van der Waals surface area (Å²) in [6.45, 7) is 9.37. The number of quaternary nitrogens is 1. The lowest BCUT2D eigenvalue weighted by Crippen LogP contribution is -2.47. The van der Waals surface area contributed by atoms with E-state index in [9.17, 15) is 0 Å². The highest BCUT2D eigenvalue weighted by Crippen LogP contribution is 2.14. The van der Waals surface area contributed by atoms with Crippen LogP contribution in [0.2, 0.25) is 0 Å². The van der Waals surface area contributed by atoms with Crippen molar-refractivity contribution in [2.45, 2.75) is 161 Å². The van der Waals surface area contributed by atoms with Crippen LogP contribution in [0.15, 0.2) is 0 Å². The Kier molecular flexibility index (Phi) is 58.7. The molecule has 0 bridgehead atoms. The third kappa shape index (κ3) is 34.5. The minimum atomic E-state index is 0. The maximum absolute atomic E-state index is 5.39. The zero-order chi connectivity index (χ0) is 19.3. The molecule has 32 heavy (non-hydrogen) atoms. The fourth-order valence-corrected chi connectivity index (χ4v) is 3.90. The molecule has 0 amide bonds. The lowest BCUT2D eigenvalue weighted by Gasteiger charge is -2.34. The molecule has 0 aromatic carbocycles. The Balaban J connectivity index is -0.000000208. The van der Waals surface area contributed by atoms with Crippen molar-refractivity contribution in [3.63, 3.8) is 0 Å². The average molecular weight is 467 g/mol. The van der Waals surface area contributed by atoms with Gasteiger partial charge in [-0.15, -0.1) is 0 Å². The molecule has 0 fully saturated rings. The van der Waals surface area contributed by atoms with Crippen molar-refractivity contribution in [1.29, 1.82) is 0 Å². The first-order valence-electron chi connectivity index (χ1n) is 12.0.